The normalized spacial score (nSPS) is 14.8. The molecule has 0 atom stereocenters. The van der Waals surface area contributed by atoms with Crippen LogP contribution in [0.5, 0.6) is 5.75 Å². The minimum Gasteiger partial charge on any atom is -0.494 e. The molecule has 2 aromatic carbocycles. The van der Waals surface area contributed by atoms with Gasteiger partial charge < -0.3 is 20.3 Å². The van der Waals surface area contributed by atoms with Gasteiger partial charge in [0.25, 0.3) is 0 Å². The second-order valence-corrected chi connectivity index (χ2v) is 7.16. The van der Waals surface area contributed by atoms with Crippen LogP contribution in [0.2, 0.25) is 0 Å². The first kappa shape index (κ1) is 19.0. The van der Waals surface area contributed by atoms with Gasteiger partial charge in [-0.25, -0.2) is 0 Å². The Morgan fingerprint density at radius 1 is 0.966 bits per heavy atom. The van der Waals surface area contributed by atoms with E-state index in [4.69, 9.17) is 4.74 Å². The monoisotopic (exact) mass is 393 g/mol. The minimum atomic E-state index is -0.739. The van der Waals surface area contributed by atoms with Crippen molar-refractivity contribution in [3.63, 3.8) is 0 Å². The number of benzene rings is 2. The van der Waals surface area contributed by atoms with E-state index in [1.165, 1.54) is 0 Å². The van der Waals surface area contributed by atoms with Gasteiger partial charge in [0, 0.05) is 24.3 Å². The number of rotatable bonds is 4. The Morgan fingerprint density at radius 3 is 2.31 bits per heavy atom. The van der Waals surface area contributed by atoms with Crippen LogP contribution in [0.4, 0.5) is 17.1 Å². The van der Waals surface area contributed by atoms with Crippen LogP contribution >= 0.6 is 0 Å². The number of carbonyl (C=O) groups excluding carboxylic acids is 3. The molecule has 0 fully saturated rings. The largest absolute Gasteiger partial charge is 0.494 e. The Bertz CT molecular complexity index is 952. The van der Waals surface area contributed by atoms with Gasteiger partial charge in [-0.2, -0.15) is 0 Å². The summed E-state index contributed by atoms with van der Waals surface area (Å²) in [5, 5.41) is 5.28. The van der Waals surface area contributed by atoms with Gasteiger partial charge in [0.1, 0.15) is 5.75 Å². The molecule has 0 aliphatic carbocycles. The molecule has 0 bridgehead atoms. The molecule has 2 aliphatic rings. The number of anilines is 3. The van der Waals surface area contributed by atoms with Gasteiger partial charge in [-0.15, -0.1) is 0 Å². The van der Waals surface area contributed by atoms with Gasteiger partial charge in [-0.05, 0) is 73.7 Å². The van der Waals surface area contributed by atoms with Crippen LogP contribution in [0.3, 0.4) is 0 Å². The van der Waals surface area contributed by atoms with Crippen molar-refractivity contribution in [1.82, 2.24) is 0 Å². The zero-order valence-corrected chi connectivity index (χ0v) is 16.3. The van der Waals surface area contributed by atoms with Gasteiger partial charge in [0.2, 0.25) is 5.91 Å². The summed E-state index contributed by atoms with van der Waals surface area (Å²) in [4.78, 5) is 38.6. The lowest BCUT2D eigenvalue weighted by Gasteiger charge is -2.35. The number of amides is 3. The summed E-state index contributed by atoms with van der Waals surface area (Å²) in [6.45, 7) is 3.20. The number of carbonyl (C=O) groups is 3. The maximum Gasteiger partial charge on any atom is 0.314 e. The maximum atomic E-state index is 12.4. The summed E-state index contributed by atoms with van der Waals surface area (Å²) in [6, 6.07) is 10.6. The maximum absolute atomic E-state index is 12.4. The predicted molar refractivity (Wildman–Crippen MR) is 110 cm³/mol. The highest BCUT2D eigenvalue weighted by Crippen LogP contribution is 2.37. The first-order valence-corrected chi connectivity index (χ1v) is 9.86. The number of nitrogens with one attached hydrogen (secondary N) is 2. The van der Waals surface area contributed by atoms with Crippen molar-refractivity contribution in [1.29, 1.82) is 0 Å². The van der Waals surface area contributed by atoms with E-state index in [0.29, 0.717) is 36.6 Å². The lowest BCUT2D eigenvalue weighted by molar-refractivity contribution is -0.133. The molecular formula is C22H23N3O4. The molecule has 0 saturated carbocycles. The van der Waals surface area contributed by atoms with Crippen molar-refractivity contribution in [3.05, 3.63) is 47.5 Å². The van der Waals surface area contributed by atoms with Crippen molar-refractivity contribution >= 4 is 34.8 Å². The molecule has 0 aromatic heterocycles. The van der Waals surface area contributed by atoms with Gasteiger partial charge in [0.15, 0.2) is 0 Å². The van der Waals surface area contributed by atoms with Crippen molar-refractivity contribution in [2.75, 3.05) is 28.7 Å². The van der Waals surface area contributed by atoms with E-state index in [9.17, 15) is 14.4 Å². The zero-order valence-electron chi connectivity index (χ0n) is 16.3. The van der Waals surface area contributed by atoms with Crippen LogP contribution in [0.25, 0.3) is 0 Å². The fourth-order valence-electron chi connectivity index (χ4n) is 3.90. The molecule has 150 valence electrons. The van der Waals surface area contributed by atoms with Crippen LogP contribution in [0.15, 0.2) is 36.4 Å². The Labute approximate surface area is 169 Å². The van der Waals surface area contributed by atoms with E-state index >= 15 is 0 Å². The van der Waals surface area contributed by atoms with Crippen LogP contribution in [0.1, 0.15) is 30.9 Å². The zero-order chi connectivity index (χ0) is 20.4. The minimum absolute atomic E-state index is 0.157. The number of hydrogen-bond donors (Lipinski definition) is 2. The van der Waals surface area contributed by atoms with E-state index < -0.39 is 11.8 Å². The standard InChI is InChI=1S/C22H23N3O4/c1-2-29-18-8-6-16(7-9-18)23-21(27)22(28)24-17-12-14-4-3-11-25-19(26)10-5-15(13-17)20(14)25/h6-9,12-13H,2-5,10-11H2,1H3,(H,23,27)(H,24,28). The lowest BCUT2D eigenvalue weighted by Crippen LogP contribution is -2.39. The van der Waals surface area contributed by atoms with Crippen LogP contribution in [-0.2, 0) is 27.2 Å². The molecule has 7 nitrogen and oxygen atoms in total. The average molecular weight is 393 g/mol. The molecular weight excluding hydrogens is 370 g/mol. The van der Waals surface area contributed by atoms with Crippen LogP contribution < -0.4 is 20.3 Å². The van der Waals surface area contributed by atoms with E-state index in [0.717, 1.165) is 36.2 Å². The molecule has 2 aromatic rings. The molecule has 0 saturated heterocycles. The van der Waals surface area contributed by atoms with E-state index in [-0.39, 0.29) is 5.91 Å². The third-order valence-electron chi connectivity index (χ3n) is 5.16. The molecule has 0 spiro atoms. The number of aryl methyl sites for hydroxylation is 2. The Balaban J connectivity index is 1.46. The summed E-state index contributed by atoms with van der Waals surface area (Å²) in [7, 11) is 0. The highest BCUT2D eigenvalue weighted by molar-refractivity contribution is 6.43. The molecule has 2 heterocycles. The fourth-order valence-corrected chi connectivity index (χ4v) is 3.90. The first-order chi connectivity index (χ1) is 14.0. The summed E-state index contributed by atoms with van der Waals surface area (Å²) in [5.41, 5.74) is 4.18. The van der Waals surface area contributed by atoms with E-state index in [2.05, 4.69) is 10.6 Å². The molecule has 3 amide bonds. The Kier molecular flexibility index (Phi) is 5.20. The third-order valence-corrected chi connectivity index (χ3v) is 5.16. The van der Waals surface area contributed by atoms with E-state index in [1.807, 2.05) is 24.0 Å². The smallest absolute Gasteiger partial charge is 0.314 e. The quantitative estimate of drug-likeness (QED) is 0.782. The number of hydrogen-bond acceptors (Lipinski definition) is 4. The highest BCUT2D eigenvalue weighted by Gasteiger charge is 2.30. The molecule has 0 unspecified atom stereocenters. The lowest BCUT2D eigenvalue weighted by atomic mass is 9.91. The second-order valence-electron chi connectivity index (χ2n) is 7.16. The molecule has 7 heteroatoms. The third kappa shape index (κ3) is 3.94. The molecule has 2 N–H and O–H groups in total. The summed E-state index contributed by atoms with van der Waals surface area (Å²) in [5.74, 6) is -0.613. The van der Waals surface area contributed by atoms with Crippen molar-refractivity contribution in [2.45, 2.75) is 32.6 Å². The van der Waals surface area contributed by atoms with E-state index in [1.54, 1.807) is 24.3 Å². The second kappa shape index (κ2) is 7.95. The topological polar surface area (TPSA) is 87.7 Å². The predicted octanol–water partition coefficient (Wildman–Crippen LogP) is 2.89. The summed E-state index contributed by atoms with van der Waals surface area (Å²) >= 11 is 0. The van der Waals surface area contributed by atoms with Gasteiger partial charge in [-0.1, -0.05) is 0 Å². The molecule has 4 rings (SSSR count). The first-order valence-electron chi connectivity index (χ1n) is 9.86. The summed E-state index contributed by atoms with van der Waals surface area (Å²) < 4.78 is 5.36. The Hall–Kier alpha value is -3.35. The average Bonchev–Trinajstić information content (AvgIpc) is 2.72. The molecule has 0 radical (unpaired) electrons. The van der Waals surface area contributed by atoms with Gasteiger partial charge in [0.05, 0.1) is 12.3 Å². The molecule has 29 heavy (non-hydrogen) atoms. The van der Waals surface area contributed by atoms with Gasteiger partial charge >= 0.3 is 11.8 Å². The molecule has 2 aliphatic heterocycles. The SMILES string of the molecule is CCOc1ccc(NC(=O)C(=O)Nc2cc3c4c(c2)CCC(=O)N4CCC3)cc1. The Morgan fingerprint density at radius 2 is 1.62 bits per heavy atom. The fraction of sp³-hybridized carbons (Fsp3) is 0.318. The van der Waals surface area contributed by atoms with Crippen LogP contribution in [0, 0.1) is 0 Å². The van der Waals surface area contributed by atoms with Gasteiger partial charge in [-0.3, -0.25) is 14.4 Å². The van der Waals surface area contributed by atoms with Crippen molar-refractivity contribution in [3.8, 4) is 5.75 Å². The van der Waals surface area contributed by atoms with Crippen molar-refractivity contribution in [2.24, 2.45) is 0 Å². The van der Waals surface area contributed by atoms with Crippen LogP contribution in [-0.4, -0.2) is 30.9 Å². The number of nitrogens with zero attached hydrogens (tertiary/aromatic N) is 1. The highest BCUT2D eigenvalue weighted by atomic mass is 16.5. The number of ether oxygens (including phenoxy) is 1. The summed E-state index contributed by atoms with van der Waals surface area (Å²) in [6.07, 6.45) is 2.88. The van der Waals surface area contributed by atoms with Crippen molar-refractivity contribution < 1.29 is 19.1 Å².